The maximum absolute atomic E-state index is 5.25. The van der Waals surface area contributed by atoms with Gasteiger partial charge in [-0.05, 0) is 0 Å². The van der Waals surface area contributed by atoms with Crippen molar-refractivity contribution in [3.05, 3.63) is 6.42 Å². The normalized spacial score (nSPS) is 0.182. The molecular formula is C2HU9-. The summed E-state index contributed by atoms with van der Waals surface area (Å²) in [6, 6.07) is 0. The summed E-state index contributed by atoms with van der Waals surface area (Å²) in [6.45, 7) is 0. The van der Waals surface area contributed by atoms with E-state index < -0.39 is 0 Å². The van der Waals surface area contributed by atoms with Crippen LogP contribution in [0.4, 0.5) is 0 Å². The van der Waals surface area contributed by atoms with Crippen LogP contribution in [0.2, 0.25) is 0 Å². The van der Waals surface area contributed by atoms with Gasteiger partial charge >= 0.3 is 0 Å². The molecule has 46 valence electrons. The van der Waals surface area contributed by atoms with Crippen LogP contribution in [-0.4, -0.2) is 0 Å². The third kappa shape index (κ3) is 67.7. The molecule has 0 saturated carbocycles. The average Bonchev–Trinajstić information content (AvgIpc) is 1.00. The molecule has 0 atom stereocenters. The fraction of sp³-hybridized carbons (Fsp3) is 0. The maximum Gasteiger partial charge on any atom is 0 e. The summed E-state index contributed by atoms with van der Waals surface area (Å²) in [5, 5.41) is 0. The van der Waals surface area contributed by atoms with Crippen molar-refractivity contribution in [2.75, 3.05) is 0 Å². The van der Waals surface area contributed by atoms with E-state index in [2.05, 4.69) is 6.42 Å². The van der Waals surface area contributed by atoms with Gasteiger partial charge in [0.25, 0.3) is 0 Å². The molecule has 0 heterocycles. The second-order valence-corrected chi connectivity index (χ2v) is 0. The Morgan fingerprint density at radius 1 is 0.364 bits per heavy atom. The molecule has 0 spiro atoms. The van der Waals surface area contributed by atoms with Crippen molar-refractivity contribution >= 4 is 0 Å². The predicted octanol–water partition coefficient (Wildman–Crippen LogP) is 0.206. The van der Waals surface area contributed by atoms with Crippen LogP contribution >= 0.6 is 0 Å². The van der Waals surface area contributed by atoms with Gasteiger partial charge in [0.1, 0.15) is 0 Å². The molecule has 0 aliphatic heterocycles. The molecule has 0 unspecified atom stereocenters. The van der Waals surface area contributed by atoms with Crippen LogP contribution in [0, 0.1) is 293 Å². The van der Waals surface area contributed by atoms with Crippen molar-refractivity contribution < 1.29 is 280 Å². The number of hydrogen-bond acceptors (Lipinski definition) is 0. The van der Waals surface area contributed by atoms with Gasteiger partial charge in [-0.2, -0.15) is 0 Å². The molecule has 0 aromatic rings. The van der Waals surface area contributed by atoms with E-state index in [9.17, 15) is 0 Å². The Balaban J connectivity index is -0.000000000139. The molecule has 0 radical (unpaired) electrons. The topological polar surface area (TPSA) is 0 Å². The van der Waals surface area contributed by atoms with Gasteiger partial charge in [0.2, 0.25) is 0 Å². The van der Waals surface area contributed by atoms with Gasteiger partial charge in [-0.25, -0.2) is 0 Å². The summed E-state index contributed by atoms with van der Waals surface area (Å²) in [6.07, 6.45) is 9.00. The number of rotatable bonds is 0. The molecule has 9 heteroatoms. The Bertz CT molecular complexity index is 12.3. The molecule has 0 aliphatic rings. The summed E-state index contributed by atoms with van der Waals surface area (Å²) < 4.78 is 0. The summed E-state index contributed by atoms with van der Waals surface area (Å²) in [4.78, 5) is 0. The fourth-order valence-electron chi connectivity index (χ4n) is 0. The maximum atomic E-state index is 5.25. The van der Waals surface area contributed by atoms with E-state index in [0.29, 0.717) is 0 Å². The molecule has 0 amide bonds. The summed E-state index contributed by atoms with van der Waals surface area (Å²) in [5.41, 5.74) is 0. The number of terminal acetylenes is 1. The van der Waals surface area contributed by atoms with Gasteiger partial charge < -0.3 is 12.8 Å². The smallest absolute Gasteiger partial charge is 0 e. The molecule has 0 nitrogen and oxygen atoms in total. The van der Waals surface area contributed by atoms with Crippen LogP contribution in [0.5, 0.6) is 0 Å². The second-order valence-electron chi connectivity index (χ2n) is 0. The third-order valence-corrected chi connectivity index (χ3v) is 0. The first kappa shape index (κ1) is 72.1. The first-order valence-electron chi connectivity index (χ1n) is 0.289. The van der Waals surface area contributed by atoms with Crippen molar-refractivity contribution in [2.24, 2.45) is 0 Å². The quantitative estimate of drug-likeness (QED) is 0.241. The van der Waals surface area contributed by atoms with Crippen LogP contribution in [0.15, 0.2) is 0 Å². The van der Waals surface area contributed by atoms with E-state index in [1.54, 1.807) is 0 Å². The van der Waals surface area contributed by atoms with E-state index in [1.165, 1.54) is 0 Å². The molecule has 0 aromatic heterocycles. The largest absolute Gasteiger partial charge is 0.697 e. The van der Waals surface area contributed by atoms with Crippen LogP contribution in [-0.2, 0) is 0 Å². The van der Waals surface area contributed by atoms with E-state index in [0.717, 1.165) is 0 Å². The van der Waals surface area contributed by atoms with Gasteiger partial charge in [-0.1, -0.05) is 0 Å². The van der Waals surface area contributed by atoms with Crippen LogP contribution in [0.25, 0.3) is 0 Å². The Morgan fingerprint density at radius 2 is 0.364 bits per heavy atom. The molecule has 0 saturated heterocycles. The van der Waals surface area contributed by atoms with E-state index in [1.807, 2.05) is 0 Å². The third-order valence-electron chi connectivity index (χ3n) is 0. The monoisotopic (exact) mass is 2170 g/mol. The zero-order chi connectivity index (χ0) is 2.00. The van der Waals surface area contributed by atoms with Gasteiger partial charge in [0, 0.05) is 280 Å². The van der Waals surface area contributed by atoms with Gasteiger partial charge in [-0.3, -0.25) is 0 Å². The standard InChI is InChI=1S/C2H.9U/c1-2;;;;;;;;;/h1H;;;;;;;;;/q-1;;;;;;;;;. The van der Waals surface area contributed by atoms with Crippen molar-refractivity contribution in [3.63, 3.8) is 0 Å². The second kappa shape index (κ2) is 75.9. The predicted molar refractivity (Wildman–Crippen MR) is 8.19 cm³/mol. The summed E-state index contributed by atoms with van der Waals surface area (Å²) in [7, 11) is 0. The summed E-state index contributed by atoms with van der Waals surface area (Å²) in [5.74, 6) is 0. The SMILES string of the molecule is [C-]#C.[U].[U].[U].[U].[U].[U].[U].[U].[U]. The molecule has 11 heavy (non-hydrogen) atoms. The van der Waals surface area contributed by atoms with E-state index in [-0.39, 0.29) is 280 Å². The molecular weight excluding hydrogens is 2170 g/mol. The molecule has 0 bridgehead atoms. The molecule has 0 fully saturated rings. The van der Waals surface area contributed by atoms with Gasteiger partial charge in [0.15, 0.2) is 0 Å². The van der Waals surface area contributed by atoms with Gasteiger partial charge in [0.05, 0.1) is 0 Å². The first-order chi connectivity index (χ1) is 1.00. The Kier molecular flexibility index (Phi) is 497. The minimum atomic E-state index is 0. The van der Waals surface area contributed by atoms with E-state index in [4.69, 9.17) is 6.42 Å². The summed E-state index contributed by atoms with van der Waals surface area (Å²) >= 11 is 0. The fourth-order valence-corrected chi connectivity index (χ4v) is 0. The zero-order valence-electron chi connectivity index (χ0n) is 5.58. The Hall–Kier alpha value is 9.03. The van der Waals surface area contributed by atoms with Crippen molar-refractivity contribution in [1.82, 2.24) is 0 Å². The van der Waals surface area contributed by atoms with Crippen molar-refractivity contribution in [3.8, 4) is 6.42 Å². The molecule has 0 N–H and O–H groups in total. The minimum absolute atomic E-state index is 0. The first-order valence-corrected chi connectivity index (χ1v) is 0.289. The molecule has 0 aliphatic carbocycles. The Labute approximate surface area is 283 Å². The molecule has 0 aromatic carbocycles. The van der Waals surface area contributed by atoms with Crippen LogP contribution in [0.1, 0.15) is 0 Å². The van der Waals surface area contributed by atoms with E-state index >= 15 is 0 Å². The van der Waals surface area contributed by atoms with Crippen LogP contribution in [0.3, 0.4) is 0 Å². The zero-order valence-corrected chi connectivity index (χ0v) is 43.1. The van der Waals surface area contributed by atoms with Crippen molar-refractivity contribution in [1.29, 1.82) is 0 Å². The number of hydrogen-bond donors (Lipinski definition) is 0. The Morgan fingerprint density at radius 3 is 0.364 bits per heavy atom. The van der Waals surface area contributed by atoms with Crippen molar-refractivity contribution in [2.45, 2.75) is 0 Å². The molecule has 0 rings (SSSR count). The van der Waals surface area contributed by atoms with Crippen LogP contribution < -0.4 is 0 Å². The van der Waals surface area contributed by atoms with Gasteiger partial charge in [-0.15, -0.1) is 0 Å². The minimum Gasteiger partial charge on any atom is -0.697 e. The average molecular weight is 2170 g/mol.